The van der Waals surface area contributed by atoms with E-state index < -0.39 is 0 Å². The van der Waals surface area contributed by atoms with Crippen molar-refractivity contribution in [1.82, 2.24) is 4.98 Å². The van der Waals surface area contributed by atoms with Gasteiger partial charge in [-0.25, -0.2) is 0 Å². The summed E-state index contributed by atoms with van der Waals surface area (Å²) in [5, 5.41) is 1.92. The Bertz CT molecular complexity index is 472. The van der Waals surface area contributed by atoms with Crippen LogP contribution in [0.3, 0.4) is 0 Å². The second kappa shape index (κ2) is 3.03. The monoisotopic (exact) mass is 240 g/mol. The standard InChI is InChI=1S/C9H9BrN2O/c10-7-2-1-6(9(11)13)8-5(7)3-4-12-8/h3-4,12H,1-2H2,(H2,11,13). The van der Waals surface area contributed by atoms with Crippen LogP contribution in [-0.4, -0.2) is 10.9 Å². The molecule has 4 heteroatoms. The van der Waals surface area contributed by atoms with Crippen LogP contribution < -0.4 is 16.3 Å². The van der Waals surface area contributed by atoms with Crippen molar-refractivity contribution < 1.29 is 4.79 Å². The third kappa shape index (κ3) is 1.31. The lowest BCUT2D eigenvalue weighted by atomic mass is 10.0. The number of primary amides is 1. The van der Waals surface area contributed by atoms with Gasteiger partial charge in [0.15, 0.2) is 0 Å². The van der Waals surface area contributed by atoms with Gasteiger partial charge in [-0.15, -0.1) is 0 Å². The summed E-state index contributed by atoms with van der Waals surface area (Å²) in [6, 6.07) is 1.95. The molecule has 0 unspecified atom stereocenters. The number of halogens is 1. The molecule has 0 aliphatic heterocycles. The number of nitrogens with one attached hydrogen (secondary N) is 1. The lowest BCUT2D eigenvalue weighted by Crippen LogP contribution is -2.34. The quantitative estimate of drug-likeness (QED) is 0.711. The summed E-state index contributed by atoms with van der Waals surface area (Å²) in [6.45, 7) is 0. The predicted molar refractivity (Wildman–Crippen MR) is 54.2 cm³/mol. The summed E-state index contributed by atoms with van der Waals surface area (Å²) in [6.07, 6.45) is 3.38. The van der Waals surface area contributed by atoms with E-state index in [9.17, 15) is 4.79 Å². The molecule has 68 valence electrons. The van der Waals surface area contributed by atoms with Crippen LogP contribution in [0.15, 0.2) is 12.3 Å². The van der Waals surface area contributed by atoms with Crippen LogP contribution in [0.25, 0.3) is 10.1 Å². The lowest BCUT2D eigenvalue weighted by Gasteiger charge is -2.07. The van der Waals surface area contributed by atoms with Gasteiger partial charge in [-0.05, 0) is 18.9 Å². The van der Waals surface area contributed by atoms with Crippen LogP contribution in [-0.2, 0) is 4.79 Å². The molecular weight excluding hydrogens is 232 g/mol. The lowest BCUT2D eigenvalue weighted by molar-refractivity contribution is -0.113. The Balaban J connectivity index is 2.87. The first-order chi connectivity index (χ1) is 6.20. The molecule has 13 heavy (non-hydrogen) atoms. The van der Waals surface area contributed by atoms with E-state index in [0.29, 0.717) is 12.0 Å². The fourth-order valence-electron chi connectivity index (χ4n) is 1.59. The van der Waals surface area contributed by atoms with Gasteiger partial charge in [0.2, 0.25) is 5.91 Å². The first-order valence-corrected chi connectivity index (χ1v) is 4.84. The zero-order chi connectivity index (χ0) is 9.42. The van der Waals surface area contributed by atoms with Crippen molar-refractivity contribution in [2.75, 3.05) is 0 Å². The van der Waals surface area contributed by atoms with Gasteiger partial charge in [-0.2, -0.15) is 0 Å². The van der Waals surface area contributed by atoms with Crippen molar-refractivity contribution in [2.24, 2.45) is 5.73 Å². The summed E-state index contributed by atoms with van der Waals surface area (Å²) in [5.74, 6) is -0.330. The molecular formula is C9H9BrN2O. The molecule has 1 aliphatic carbocycles. The minimum atomic E-state index is -0.330. The van der Waals surface area contributed by atoms with Gasteiger partial charge in [0.05, 0.1) is 5.35 Å². The van der Waals surface area contributed by atoms with E-state index in [1.807, 2.05) is 12.3 Å². The number of carbonyl (C=O) groups is 1. The molecule has 3 N–H and O–H groups in total. The second-order valence-electron chi connectivity index (χ2n) is 3.01. The van der Waals surface area contributed by atoms with Gasteiger partial charge >= 0.3 is 0 Å². The van der Waals surface area contributed by atoms with Crippen molar-refractivity contribution >= 4 is 31.9 Å². The molecule has 2 rings (SSSR count). The molecule has 0 saturated heterocycles. The van der Waals surface area contributed by atoms with Crippen LogP contribution in [0, 0.1) is 0 Å². The first-order valence-electron chi connectivity index (χ1n) is 4.05. The van der Waals surface area contributed by atoms with Crippen LogP contribution in [0.1, 0.15) is 12.8 Å². The molecule has 1 heterocycles. The third-order valence-electron chi connectivity index (χ3n) is 2.23. The SMILES string of the molecule is NC(=O)C1=c2[nH]ccc2=C(Br)CC1. The van der Waals surface area contributed by atoms with Crippen molar-refractivity contribution in [3.63, 3.8) is 0 Å². The number of fused-ring (bicyclic) bond motifs is 1. The Morgan fingerprint density at radius 3 is 3.00 bits per heavy atom. The number of hydrogen-bond donors (Lipinski definition) is 2. The Labute approximate surface area is 83.4 Å². The zero-order valence-electron chi connectivity index (χ0n) is 6.93. The maximum atomic E-state index is 11.1. The minimum absolute atomic E-state index is 0.330. The number of carbonyl (C=O) groups excluding carboxylic acids is 1. The first kappa shape index (κ1) is 8.56. The molecule has 0 bridgehead atoms. The van der Waals surface area contributed by atoms with Gasteiger partial charge in [0.1, 0.15) is 0 Å². The molecule has 0 radical (unpaired) electrons. The molecule has 0 atom stereocenters. The van der Waals surface area contributed by atoms with Gasteiger partial charge < -0.3 is 10.7 Å². The third-order valence-corrected chi connectivity index (χ3v) is 3.06. The molecule has 1 amide bonds. The molecule has 0 spiro atoms. The fourth-order valence-corrected chi connectivity index (χ4v) is 2.11. The normalized spacial score (nSPS) is 15.8. The summed E-state index contributed by atoms with van der Waals surface area (Å²) in [5.41, 5.74) is 5.96. The Morgan fingerprint density at radius 2 is 2.31 bits per heavy atom. The van der Waals surface area contributed by atoms with Crippen molar-refractivity contribution in [3.8, 4) is 0 Å². The summed E-state index contributed by atoms with van der Waals surface area (Å²) < 4.78 is 1.13. The largest absolute Gasteiger partial charge is 0.366 e. The van der Waals surface area contributed by atoms with Gasteiger partial charge in [0, 0.05) is 21.5 Å². The average Bonchev–Trinajstić information content (AvgIpc) is 2.53. The summed E-state index contributed by atoms with van der Waals surface area (Å²) in [4.78, 5) is 14.1. The summed E-state index contributed by atoms with van der Waals surface area (Å²) in [7, 11) is 0. The number of rotatable bonds is 1. The van der Waals surface area contributed by atoms with E-state index in [-0.39, 0.29) is 5.91 Å². The van der Waals surface area contributed by atoms with E-state index in [4.69, 9.17) is 5.73 Å². The molecule has 1 aliphatic rings. The number of H-pyrrole nitrogens is 1. The molecule has 0 saturated carbocycles. The van der Waals surface area contributed by atoms with Crippen LogP contribution in [0.5, 0.6) is 0 Å². The highest BCUT2D eigenvalue weighted by Gasteiger charge is 2.13. The minimum Gasteiger partial charge on any atom is -0.366 e. The maximum Gasteiger partial charge on any atom is 0.246 e. The number of amides is 1. The van der Waals surface area contributed by atoms with Crippen LogP contribution in [0.4, 0.5) is 0 Å². The average molecular weight is 241 g/mol. The Kier molecular flexibility index (Phi) is 2.00. The van der Waals surface area contributed by atoms with Gasteiger partial charge in [0.25, 0.3) is 0 Å². The maximum absolute atomic E-state index is 11.1. The van der Waals surface area contributed by atoms with Crippen molar-refractivity contribution in [1.29, 1.82) is 0 Å². The molecule has 1 aromatic heterocycles. The van der Waals surface area contributed by atoms with Crippen LogP contribution in [0.2, 0.25) is 0 Å². The molecule has 3 nitrogen and oxygen atoms in total. The fraction of sp³-hybridized carbons (Fsp3) is 0.222. The van der Waals surface area contributed by atoms with Crippen LogP contribution >= 0.6 is 15.9 Å². The highest BCUT2D eigenvalue weighted by atomic mass is 79.9. The van der Waals surface area contributed by atoms with E-state index in [0.717, 1.165) is 21.5 Å². The number of aromatic nitrogens is 1. The second-order valence-corrected chi connectivity index (χ2v) is 3.97. The number of aromatic amines is 1. The summed E-state index contributed by atoms with van der Waals surface area (Å²) >= 11 is 3.47. The van der Waals surface area contributed by atoms with Gasteiger partial charge in [-0.3, -0.25) is 4.79 Å². The van der Waals surface area contributed by atoms with E-state index in [1.165, 1.54) is 0 Å². The Hall–Kier alpha value is -1.03. The van der Waals surface area contributed by atoms with Crippen molar-refractivity contribution in [2.45, 2.75) is 12.8 Å². The highest BCUT2D eigenvalue weighted by molar-refractivity contribution is 9.14. The topological polar surface area (TPSA) is 58.9 Å². The highest BCUT2D eigenvalue weighted by Crippen LogP contribution is 2.18. The van der Waals surface area contributed by atoms with Gasteiger partial charge in [-0.1, -0.05) is 15.9 Å². The van der Waals surface area contributed by atoms with E-state index in [1.54, 1.807) is 0 Å². The molecule has 1 aromatic rings. The predicted octanol–water partition coefficient (Wildman–Crippen LogP) is -0.0524. The Morgan fingerprint density at radius 1 is 1.54 bits per heavy atom. The number of nitrogens with two attached hydrogens (primary N) is 1. The van der Waals surface area contributed by atoms with Crippen molar-refractivity contribution in [3.05, 3.63) is 22.8 Å². The smallest absolute Gasteiger partial charge is 0.246 e. The molecule has 0 aromatic carbocycles. The molecule has 0 fully saturated rings. The van der Waals surface area contributed by atoms with E-state index >= 15 is 0 Å². The van der Waals surface area contributed by atoms with E-state index in [2.05, 4.69) is 20.9 Å². The zero-order valence-corrected chi connectivity index (χ0v) is 8.52. The number of hydrogen-bond acceptors (Lipinski definition) is 1.